The third-order valence-electron chi connectivity index (χ3n) is 7.02. The minimum Gasteiger partial charge on any atom is -0.345 e. The van der Waals surface area contributed by atoms with Gasteiger partial charge in [0.2, 0.25) is 0 Å². The van der Waals surface area contributed by atoms with Crippen LogP contribution in [-0.4, -0.2) is 105 Å². The fourth-order valence-corrected chi connectivity index (χ4v) is 5.36. The topological polar surface area (TPSA) is 318 Å². The molecule has 0 aliphatic rings. The maximum Gasteiger partial charge on any atom is 0.332 e. The van der Waals surface area contributed by atoms with Crippen molar-refractivity contribution in [2.24, 2.45) is 11.1 Å². The predicted molar refractivity (Wildman–Crippen MR) is 260 cm³/mol. The van der Waals surface area contributed by atoms with Crippen molar-refractivity contribution in [1.29, 1.82) is 0 Å². The lowest BCUT2D eigenvalue weighted by molar-refractivity contribution is -0.136. The van der Waals surface area contributed by atoms with E-state index in [1.807, 2.05) is 0 Å². The number of nitrogens with two attached hydrogens (primary N) is 1. The van der Waals surface area contributed by atoms with Gasteiger partial charge in [-0.25, -0.2) is 4.31 Å². The molecule has 66 heavy (non-hydrogen) atoms. The van der Waals surface area contributed by atoms with Crippen LogP contribution in [0.4, 0.5) is 0 Å². The molecule has 0 aliphatic carbocycles. The van der Waals surface area contributed by atoms with Crippen LogP contribution in [0.3, 0.4) is 0 Å². The van der Waals surface area contributed by atoms with Gasteiger partial charge in [-0.15, -0.1) is 0 Å². The van der Waals surface area contributed by atoms with Crippen LogP contribution >= 0.6 is 22.6 Å². The van der Waals surface area contributed by atoms with Crippen molar-refractivity contribution in [3.8, 4) is 0 Å². The van der Waals surface area contributed by atoms with Gasteiger partial charge >= 0.3 is 15.2 Å². The summed E-state index contributed by atoms with van der Waals surface area (Å²) in [5, 5.41) is 0. The first-order chi connectivity index (χ1) is 28.5. The van der Waals surface area contributed by atoms with Crippen LogP contribution in [0.5, 0.6) is 0 Å². The molecule has 3 unspecified atom stereocenters. The van der Waals surface area contributed by atoms with E-state index in [9.17, 15) is 61.6 Å². The van der Waals surface area contributed by atoms with Gasteiger partial charge < -0.3 is 20.4 Å². The molecule has 0 fully saturated rings. The lowest BCUT2D eigenvalue weighted by atomic mass is 9.85. The largest absolute Gasteiger partial charge is 0.345 e. The number of carbonyl (C=O) groups excluding carboxylic acids is 10. The van der Waals surface area contributed by atoms with Crippen LogP contribution < -0.4 is 5.73 Å². The van der Waals surface area contributed by atoms with Crippen LogP contribution in [0.2, 0.25) is 0 Å². The first-order valence-corrected chi connectivity index (χ1v) is 25.4. The molecule has 3 atom stereocenters. The highest BCUT2D eigenvalue weighted by atomic mass is 31.3. The summed E-state index contributed by atoms with van der Waals surface area (Å²) in [6, 6.07) is 12.8. The van der Waals surface area contributed by atoms with Gasteiger partial charge in [0, 0.05) is 55.3 Å². The summed E-state index contributed by atoms with van der Waals surface area (Å²) >= 11 is 0. The standard InChI is InChI=1S/2C10H10O2.C7H12O2.C6H11NO2.C6H8O2.C2H8O5P2.C2H7O2P.2CH4/c1-7(11)9-3-5-10(6-4-9)8(2)12;1-7(11)9-4-3-5-10(6-9)8(2)12;1-5(8)7(3,4)6(2)9;1-4(8)3-6(7)5(2)9;1-5(7)3-4-6(2)8;1-8(3,4)7-9(2,5)6;1-5(2,3)4;;/h2*3-6H,1-2H3;1-4H3;6H,3,7H2,1-2H3;3-4H,1-2H3;1-2H3,(H,3,4)(H,5,6);1-2H3,(H,3,4);2*1H4/b;;;;4-3+;;;;. The molecule has 376 valence electrons. The molecule has 21 heteroatoms. The molecule has 0 saturated heterocycles. The Hall–Kier alpha value is -4.63. The molecule has 0 amide bonds. The second kappa shape index (κ2) is 36.5. The molecule has 0 saturated carbocycles. The third-order valence-corrected chi connectivity index (χ3v) is 9.44. The molecule has 0 bridgehead atoms. The molecular weight excluding hydrogens is 919 g/mol. The number of benzene rings is 2. The molecule has 2 aromatic carbocycles. The maximum absolute atomic E-state index is 10.9. The van der Waals surface area contributed by atoms with Gasteiger partial charge in [-0.05, 0) is 101 Å². The summed E-state index contributed by atoms with van der Waals surface area (Å²) in [7, 11) is -10.2. The van der Waals surface area contributed by atoms with Crippen LogP contribution in [0.1, 0.15) is 146 Å². The van der Waals surface area contributed by atoms with Crippen LogP contribution in [-0.2, 0) is 46.8 Å². The van der Waals surface area contributed by atoms with Gasteiger partial charge in [0.1, 0.15) is 23.1 Å². The van der Waals surface area contributed by atoms with E-state index in [4.69, 9.17) is 20.4 Å². The molecule has 0 heterocycles. The number of ketones is 10. The fourth-order valence-electron chi connectivity index (χ4n) is 3.11. The normalized spacial score (nSPS) is 12.1. The molecule has 18 nitrogen and oxygen atoms in total. The van der Waals surface area contributed by atoms with E-state index in [1.165, 1.54) is 94.7 Å². The van der Waals surface area contributed by atoms with E-state index in [0.29, 0.717) is 22.3 Å². The summed E-state index contributed by atoms with van der Waals surface area (Å²) in [5.74, 6) is -0.514. The van der Waals surface area contributed by atoms with Gasteiger partial charge in [0.25, 0.3) is 0 Å². The minimum absolute atomic E-state index is 0. The third kappa shape index (κ3) is 52.0. The first-order valence-electron chi connectivity index (χ1n) is 18.8. The molecule has 0 spiro atoms. The maximum atomic E-state index is 10.9. The van der Waals surface area contributed by atoms with Crippen molar-refractivity contribution >= 4 is 80.4 Å². The average molecular weight is 994 g/mol. The Morgan fingerprint density at radius 1 is 0.561 bits per heavy atom. The smallest absolute Gasteiger partial charge is 0.332 e. The van der Waals surface area contributed by atoms with Crippen molar-refractivity contribution in [1.82, 2.24) is 0 Å². The summed E-state index contributed by atoms with van der Waals surface area (Å²) < 4.78 is 34.1. The molecule has 5 N–H and O–H groups in total. The monoisotopic (exact) mass is 993 g/mol. The van der Waals surface area contributed by atoms with Gasteiger partial charge in [-0.2, -0.15) is 0 Å². The average Bonchev–Trinajstić information content (AvgIpc) is 3.09. The van der Waals surface area contributed by atoms with Crippen molar-refractivity contribution in [2.75, 3.05) is 26.7 Å². The summed E-state index contributed by atoms with van der Waals surface area (Å²) in [5.41, 5.74) is 6.92. The predicted octanol–water partition coefficient (Wildman–Crippen LogP) is 8.40. The zero-order valence-electron chi connectivity index (χ0n) is 39.5. The highest BCUT2D eigenvalue weighted by Crippen LogP contribution is 2.54. The molecular formula is C45H74NO17P3. The zero-order chi connectivity index (χ0) is 52.1. The second-order valence-corrected chi connectivity index (χ2v) is 21.2. The van der Waals surface area contributed by atoms with Crippen LogP contribution in [0.25, 0.3) is 0 Å². The van der Waals surface area contributed by atoms with E-state index >= 15 is 0 Å². The van der Waals surface area contributed by atoms with Gasteiger partial charge in [-0.1, -0.05) is 57.3 Å². The summed E-state index contributed by atoms with van der Waals surface area (Å²) in [6.07, 6.45) is 2.67. The lowest BCUT2D eigenvalue weighted by Gasteiger charge is -2.15. The Balaban J connectivity index is -0.000000124. The first kappa shape index (κ1) is 75.7. The minimum atomic E-state index is -3.80. The number of Topliss-reactive ketones (excluding diaryl/α,β-unsaturated/α-hetero) is 8. The summed E-state index contributed by atoms with van der Waals surface area (Å²) in [4.78, 5) is 131. The number of carbonyl (C=O) groups is 10. The second-order valence-electron chi connectivity index (χ2n) is 14.8. The van der Waals surface area contributed by atoms with Crippen molar-refractivity contribution in [2.45, 2.75) is 110 Å². The fraction of sp³-hybridized carbons (Fsp3) is 0.467. The van der Waals surface area contributed by atoms with E-state index in [1.54, 1.807) is 62.4 Å². The van der Waals surface area contributed by atoms with Crippen molar-refractivity contribution in [3.05, 3.63) is 82.9 Å². The Morgan fingerprint density at radius 3 is 0.939 bits per heavy atom. The Bertz CT molecular complexity index is 1980. The highest BCUT2D eigenvalue weighted by molar-refractivity contribution is 7.65. The van der Waals surface area contributed by atoms with E-state index in [-0.39, 0.29) is 79.1 Å². The van der Waals surface area contributed by atoms with E-state index in [0.717, 1.165) is 13.3 Å². The summed E-state index contributed by atoms with van der Waals surface area (Å²) in [6.45, 7) is 22.0. The van der Waals surface area contributed by atoms with Gasteiger partial charge in [0.15, 0.2) is 42.1 Å². The molecule has 2 aromatic rings. The lowest BCUT2D eigenvalue weighted by Crippen LogP contribution is -2.30. The van der Waals surface area contributed by atoms with E-state index < -0.39 is 34.0 Å². The number of hydrogen-bond donors (Lipinski definition) is 4. The quantitative estimate of drug-likeness (QED) is 0.0633. The number of rotatable bonds is 13. The molecule has 0 aromatic heterocycles. The number of allylic oxidation sites excluding steroid dienone is 2. The van der Waals surface area contributed by atoms with Crippen LogP contribution in [0.15, 0.2) is 60.7 Å². The van der Waals surface area contributed by atoms with Crippen molar-refractivity contribution in [3.63, 3.8) is 0 Å². The number of hydrogen-bond acceptors (Lipinski definition) is 15. The Morgan fingerprint density at radius 2 is 0.818 bits per heavy atom. The Labute approximate surface area is 391 Å². The van der Waals surface area contributed by atoms with Crippen LogP contribution in [0, 0.1) is 5.41 Å². The zero-order valence-corrected chi connectivity index (χ0v) is 42.2. The molecule has 0 aliphatic heterocycles. The highest BCUT2D eigenvalue weighted by Gasteiger charge is 2.28. The van der Waals surface area contributed by atoms with Gasteiger partial charge in [-0.3, -0.25) is 61.6 Å². The van der Waals surface area contributed by atoms with Crippen molar-refractivity contribution < 1.29 is 80.6 Å². The van der Waals surface area contributed by atoms with Gasteiger partial charge in [0.05, 0.1) is 11.5 Å². The Kier molecular flexibility index (Phi) is 41.8. The SMILES string of the molecule is C.C.CC(=O)/C=C/C(C)=O.CC(=O)C(C)(C)C(C)=O.CC(=O)CC(N)C(C)=O.CC(=O)c1ccc(C(C)=O)cc1.CC(=O)c1cccc(C(C)=O)c1.CP(=O)(O)OP(C)(=O)O.CP(C)(=O)O. The van der Waals surface area contributed by atoms with E-state index in [2.05, 4.69) is 4.31 Å². The molecule has 2 rings (SSSR count). The molecule has 0 radical (unpaired) electrons.